The fourth-order valence-electron chi connectivity index (χ4n) is 4.02. The Kier molecular flexibility index (Phi) is 6.57. The molecular weight excluding hydrogens is 294 g/mol. The van der Waals surface area contributed by atoms with Crippen LogP contribution in [0.2, 0.25) is 0 Å². The number of nitrogens with zero attached hydrogens (tertiary/aromatic N) is 3. The van der Waals surface area contributed by atoms with Gasteiger partial charge in [-0.2, -0.15) is 0 Å². The maximum absolute atomic E-state index is 4.83. The Hall–Kier alpha value is -1.51. The molecule has 24 heavy (non-hydrogen) atoms. The smallest absolute Gasteiger partial charge is 0.119 e. The standard InChI is InChI=1S/C21H33N3/c1-2-3-15-23-16-14-22-21(23)18-24(20-12-8-5-9-13-20)17-19-10-6-4-7-11-19/h5,8-9,12-13,19H,2-4,6-7,10-11,14-18H2,1H3. The van der Waals surface area contributed by atoms with Crippen molar-refractivity contribution in [3.8, 4) is 0 Å². The Balaban J connectivity index is 1.67. The molecule has 132 valence electrons. The van der Waals surface area contributed by atoms with Crippen LogP contribution in [0.4, 0.5) is 5.69 Å². The van der Waals surface area contributed by atoms with Crippen molar-refractivity contribution in [1.29, 1.82) is 0 Å². The van der Waals surface area contributed by atoms with E-state index < -0.39 is 0 Å². The SMILES string of the molecule is CCCCN1CCN=C1CN(CC1CCCCC1)c1ccccc1. The third kappa shape index (κ3) is 4.75. The second-order valence-corrected chi connectivity index (χ2v) is 7.36. The minimum atomic E-state index is 0.852. The van der Waals surface area contributed by atoms with Crippen molar-refractivity contribution in [2.75, 3.05) is 37.6 Å². The van der Waals surface area contributed by atoms with Gasteiger partial charge in [0.1, 0.15) is 5.84 Å². The van der Waals surface area contributed by atoms with E-state index in [0.29, 0.717) is 0 Å². The number of para-hydroxylation sites is 1. The molecule has 0 atom stereocenters. The molecule has 1 saturated carbocycles. The van der Waals surface area contributed by atoms with Gasteiger partial charge in [0.15, 0.2) is 0 Å². The molecule has 1 aliphatic heterocycles. The molecule has 3 rings (SSSR count). The lowest BCUT2D eigenvalue weighted by Gasteiger charge is -2.33. The Labute approximate surface area is 147 Å². The van der Waals surface area contributed by atoms with Crippen LogP contribution in [0.15, 0.2) is 35.3 Å². The first-order valence-corrected chi connectivity index (χ1v) is 9.95. The minimum absolute atomic E-state index is 0.852. The van der Waals surface area contributed by atoms with Gasteiger partial charge in [-0.05, 0) is 37.3 Å². The van der Waals surface area contributed by atoms with Crippen LogP contribution in [0.25, 0.3) is 0 Å². The van der Waals surface area contributed by atoms with Crippen LogP contribution in [0.1, 0.15) is 51.9 Å². The Morgan fingerprint density at radius 2 is 1.92 bits per heavy atom. The number of amidine groups is 1. The number of anilines is 1. The molecule has 1 aromatic carbocycles. The normalized spacial score (nSPS) is 18.7. The van der Waals surface area contributed by atoms with E-state index in [-0.39, 0.29) is 0 Å². The average molecular weight is 328 g/mol. The molecule has 0 N–H and O–H groups in total. The summed E-state index contributed by atoms with van der Waals surface area (Å²) in [6, 6.07) is 11.0. The van der Waals surface area contributed by atoms with Crippen LogP contribution >= 0.6 is 0 Å². The van der Waals surface area contributed by atoms with Crippen LogP contribution in [0.3, 0.4) is 0 Å². The molecule has 0 bridgehead atoms. The first-order valence-electron chi connectivity index (χ1n) is 9.95. The molecule has 0 saturated heterocycles. The van der Waals surface area contributed by atoms with Crippen molar-refractivity contribution >= 4 is 11.5 Å². The first kappa shape index (κ1) is 17.3. The summed E-state index contributed by atoms with van der Waals surface area (Å²) in [4.78, 5) is 9.93. The van der Waals surface area contributed by atoms with Crippen LogP contribution < -0.4 is 4.90 Å². The summed E-state index contributed by atoms with van der Waals surface area (Å²) in [6.07, 6.45) is 9.58. The monoisotopic (exact) mass is 327 g/mol. The van der Waals surface area contributed by atoms with Crippen LogP contribution in [0, 0.1) is 5.92 Å². The summed E-state index contributed by atoms with van der Waals surface area (Å²) < 4.78 is 0. The molecule has 1 aliphatic carbocycles. The van der Waals surface area contributed by atoms with E-state index in [9.17, 15) is 0 Å². The van der Waals surface area contributed by atoms with Gasteiger partial charge in [-0.3, -0.25) is 4.99 Å². The summed E-state index contributed by atoms with van der Waals surface area (Å²) in [7, 11) is 0. The van der Waals surface area contributed by atoms with Crippen molar-refractivity contribution in [3.63, 3.8) is 0 Å². The number of unbranched alkanes of at least 4 members (excludes halogenated alkanes) is 1. The maximum Gasteiger partial charge on any atom is 0.119 e. The summed E-state index contributed by atoms with van der Waals surface area (Å²) >= 11 is 0. The van der Waals surface area contributed by atoms with Crippen molar-refractivity contribution in [2.24, 2.45) is 10.9 Å². The van der Waals surface area contributed by atoms with E-state index in [1.165, 1.54) is 69.6 Å². The molecule has 1 heterocycles. The van der Waals surface area contributed by atoms with Gasteiger partial charge in [0.05, 0.1) is 13.1 Å². The number of hydrogen-bond donors (Lipinski definition) is 0. The van der Waals surface area contributed by atoms with E-state index in [1.54, 1.807) is 0 Å². The minimum Gasteiger partial charge on any atom is -0.364 e. The van der Waals surface area contributed by atoms with Gasteiger partial charge in [-0.15, -0.1) is 0 Å². The number of aliphatic imine (C=N–C) groups is 1. The van der Waals surface area contributed by atoms with Gasteiger partial charge < -0.3 is 9.80 Å². The van der Waals surface area contributed by atoms with Crippen molar-refractivity contribution in [1.82, 2.24) is 4.90 Å². The molecule has 0 amide bonds. The molecule has 0 aromatic heterocycles. The lowest BCUT2D eigenvalue weighted by molar-refractivity contribution is 0.359. The Morgan fingerprint density at radius 1 is 1.12 bits per heavy atom. The van der Waals surface area contributed by atoms with Gasteiger partial charge in [0.25, 0.3) is 0 Å². The van der Waals surface area contributed by atoms with Gasteiger partial charge in [0, 0.05) is 25.3 Å². The Bertz CT molecular complexity index is 505. The van der Waals surface area contributed by atoms with Crippen molar-refractivity contribution < 1.29 is 0 Å². The second kappa shape index (κ2) is 9.10. The zero-order valence-corrected chi connectivity index (χ0v) is 15.3. The molecule has 3 heteroatoms. The fraction of sp³-hybridized carbons (Fsp3) is 0.667. The third-order valence-corrected chi connectivity index (χ3v) is 5.47. The van der Waals surface area contributed by atoms with Crippen molar-refractivity contribution in [2.45, 2.75) is 51.9 Å². The number of benzene rings is 1. The van der Waals surface area contributed by atoms with E-state index in [0.717, 1.165) is 25.6 Å². The number of rotatable bonds is 8. The van der Waals surface area contributed by atoms with E-state index in [1.807, 2.05) is 0 Å². The summed E-state index contributed by atoms with van der Waals surface area (Å²) in [5.74, 6) is 2.16. The van der Waals surface area contributed by atoms with Crippen LogP contribution in [0.5, 0.6) is 0 Å². The van der Waals surface area contributed by atoms with Crippen LogP contribution in [-0.4, -0.2) is 43.5 Å². The molecule has 0 spiro atoms. The summed E-state index contributed by atoms with van der Waals surface area (Å²) in [5.41, 5.74) is 1.35. The largest absolute Gasteiger partial charge is 0.364 e. The Morgan fingerprint density at radius 3 is 2.67 bits per heavy atom. The van der Waals surface area contributed by atoms with Gasteiger partial charge >= 0.3 is 0 Å². The second-order valence-electron chi connectivity index (χ2n) is 7.36. The van der Waals surface area contributed by atoms with Crippen LogP contribution in [-0.2, 0) is 0 Å². The molecule has 0 unspecified atom stereocenters. The lowest BCUT2D eigenvalue weighted by atomic mass is 9.89. The zero-order valence-electron chi connectivity index (χ0n) is 15.3. The highest BCUT2D eigenvalue weighted by Crippen LogP contribution is 2.26. The predicted octanol–water partition coefficient (Wildman–Crippen LogP) is 4.59. The highest BCUT2D eigenvalue weighted by molar-refractivity contribution is 5.88. The topological polar surface area (TPSA) is 18.8 Å². The van der Waals surface area contributed by atoms with E-state index >= 15 is 0 Å². The zero-order chi connectivity index (χ0) is 16.6. The quantitative estimate of drug-likeness (QED) is 0.695. The molecule has 2 aliphatic rings. The molecule has 1 aromatic rings. The number of hydrogen-bond acceptors (Lipinski definition) is 3. The highest BCUT2D eigenvalue weighted by atomic mass is 15.3. The van der Waals surface area contributed by atoms with Gasteiger partial charge in [-0.1, -0.05) is 50.8 Å². The summed E-state index contributed by atoms with van der Waals surface area (Å²) in [6.45, 7) is 7.69. The summed E-state index contributed by atoms with van der Waals surface area (Å²) in [5, 5.41) is 0. The molecule has 1 fully saturated rings. The van der Waals surface area contributed by atoms with Crippen molar-refractivity contribution in [3.05, 3.63) is 30.3 Å². The highest BCUT2D eigenvalue weighted by Gasteiger charge is 2.22. The molecule has 3 nitrogen and oxygen atoms in total. The molecular formula is C21H33N3. The maximum atomic E-state index is 4.83. The fourth-order valence-corrected chi connectivity index (χ4v) is 4.02. The predicted molar refractivity (Wildman–Crippen MR) is 104 cm³/mol. The van der Waals surface area contributed by atoms with Gasteiger partial charge in [-0.25, -0.2) is 0 Å². The van der Waals surface area contributed by atoms with Gasteiger partial charge in [0.2, 0.25) is 0 Å². The lowest BCUT2D eigenvalue weighted by Crippen LogP contribution is -2.41. The van der Waals surface area contributed by atoms with E-state index in [2.05, 4.69) is 47.1 Å². The first-order chi connectivity index (χ1) is 11.9. The molecule has 0 radical (unpaired) electrons. The average Bonchev–Trinajstić information content (AvgIpc) is 3.08. The van der Waals surface area contributed by atoms with E-state index in [4.69, 9.17) is 4.99 Å². The third-order valence-electron chi connectivity index (χ3n) is 5.47.